The lowest BCUT2D eigenvalue weighted by atomic mass is 9.97. The first kappa shape index (κ1) is 16.1. The number of nitrogens with two attached hydrogens (primary N) is 1. The Hall–Kier alpha value is -1.26. The summed E-state index contributed by atoms with van der Waals surface area (Å²) in [6.45, 7) is 7.03. The summed E-state index contributed by atoms with van der Waals surface area (Å²) in [6.07, 6.45) is 2.14. The number of carbonyl (C=O) groups is 1. The Morgan fingerprint density at radius 3 is 2.67 bits per heavy atom. The summed E-state index contributed by atoms with van der Waals surface area (Å²) < 4.78 is 5.40. The minimum absolute atomic E-state index is 0.342. The van der Waals surface area contributed by atoms with Crippen molar-refractivity contribution >= 4 is 23.3 Å². The minimum Gasteiger partial charge on any atom is -0.462 e. The van der Waals surface area contributed by atoms with Gasteiger partial charge in [0.25, 0.3) is 0 Å². The van der Waals surface area contributed by atoms with Gasteiger partial charge >= 0.3 is 5.97 Å². The van der Waals surface area contributed by atoms with Gasteiger partial charge in [0.05, 0.1) is 17.2 Å². The van der Waals surface area contributed by atoms with E-state index in [1.165, 1.54) is 0 Å². The molecule has 21 heavy (non-hydrogen) atoms. The Labute approximate surface area is 131 Å². The molecule has 1 aliphatic rings. The number of ether oxygens (including phenoxy) is 1. The monoisotopic (exact) mass is 310 g/mol. The summed E-state index contributed by atoms with van der Waals surface area (Å²) >= 11 is 6.01. The summed E-state index contributed by atoms with van der Waals surface area (Å²) in [5, 5.41) is 0.342. The molecule has 0 amide bonds. The van der Waals surface area contributed by atoms with E-state index in [-0.39, 0.29) is 5.97 Å². The van der Waals surface area contributed by atoms with Gasteiger partial charge in [0.15, 0.2) is 0 Å². The largest absolute Gasteiger partial charge is 0.462 e. The van der Waals surface area contributed by atoms with Gasteiger partial charge in [-0.25, -0.2) is 4.79 Å². The summed E-state index contributed by atoms with van der Waals surface area (Å²) in [6, 6.07) is 5.42. The summed E-state index contributed by atoms with van der Waals surface area (Å²) in [5.74, 6) is 0.0720. The van der Waals surface area contributed by atoms with E-state index >= 15 is 0 Å². The van der Waals surface area contributed by atoms with E-state index in [1.807, 2.05) is 0 Å². The zero-order chi connectivity index (χ0) is 15.4. The molecule has 0 aliphatic carbocycles. The normalized spacial score (nSPS) is 17.1. The second-order valence-corrected chi connectivity index (χ2v) is 6.32. The van der Waals surface area contributed by atoms with Crippen molar-refractivity contribution in [2.75, 3.05) is 25.4 Å². The van der Waals surface area contributed by atoms with Crippen LogP contribution in [0.5, 0.6) is 0 Å². The highest BCUT2D eigenvalue weighted by molar-refractivity contribution is 6.33. The van der Waals surface area contributed by atoms with Crippen LogP contribution in [0.4, 0.5) is 5.69 Å². The van der Waals surface area contributed by atoms with E-state index in [9.17, 15) is 4.79 Å². The van der Waals surface area contributed by atoms with Gasteiger partial charge in [0.1, 0.15) is 0 Å². The van der Waals surface area contributed by atoms with Crippen LogP contribution in [0.15, 0.2) is 18.2 Å². The first-order valence-electron chi connectivity index (χ1n) is 7.43. The van der Waals surface area contributed by atoms with Crippen molar-refractivity contribution < 1.29 is 9.53 Å². The van der Waals surface area contributed by atoms with Crippen LogP contribution in [0.2, 0.25) is 5.02 Å². The summed E-state index contributed by atoms with van der Waals surface area (Å²) in [7, 11) is 0. The number of anilines is 1. The molecule has 1 aromatic rings. The van der Waals surface area contributed by atoms with E-state index < -0.39 is 0 Å². The number of piperidine rings is 1. The minimum atomic E-state index is -0.369. The van der Waals surface area contributed by atoms with E-state index in [1.54, 1.807) is 18.2 Å². The number of rotatable bonds is 4. The van der Waals surface area contributed by atoms with Gasteiger partial charge in [-0.15, -0.1) is 0 Å². The van der Waals surface area contributed by atoms with Gasteiger partial charge in [-0.05, 0) is 63.9 Å². The molecule has 1 fully saturated rings. The molecule has 0 aromatic heterocycles. The maximum atomic E-state index is 12.0. The van der Waals surface area contributed by atoms with Crippen LogP contribution < -0.4 is 5.73 Å². The zero-order valence-electron chi connectivity index (χ0n) is 12.6. The quantitative estimate of drug-likeness (QED) is 0.685. The first-order chi connectivity index (χ1) is 9.97. The SMILES string of the molecule is CC(C)N1CCC(COC(=O)c2ccc(N)cc2Cl)CC1. The van der Waals surface area contributed by atoms with Crippen molar-refractivity contribution in [3.63, 3.8) is 0 Å². The van der Waals surface area contributed by atoms with E-state index in [2.05, 4.69) is 18.7 Å². The fraction of sp³-hybridized carbons (Fsp3) is 0.562. The van der Waals surface area contributed by atoms with Crippen molar-refractivity contribution in [1.82, 2.24) is 4.90 Å². The Balaban J connectivity index is 1.82. The molecule has 1 saturated heterocycles. The molecular weight excluding hydrogens is 288 g/mol. The van der Waals surface area contributed by atoms with Gasteiger partial charge in [0.2, 0.25) is 0 Å². The standard InChI is InChI=1S/C16H23ClN2O2/c1-11(2)19-7-5-12(6-8-19)10-21-16(20)14-4-3-13(18)9-15(14)17/h3-4,9,11-12H,5-8,10,18H2,1-2H3. The molecule has 0 atom stereocenters. The molecule has 1 aliphatic heterocycles. The van der Waals surface area contributed by atoms with Crippen LogP contribution >= 0.6 is 11.6 Å². The second kappa shape index (κ2) is 7.14. The Kier molecular flexibility index (Phi) is 5.48. The Morgan fingerprint density at radius 2 is 2.10 bits per heavy atom. The second-order valence-electron chi connectivity index (χ2n) is 5.91. The molecule has 0 spiro atoms. The lowest BCUT2D eigenvalue weighted by Gasteiger charge is -2.34. The number of benzene rings is 1. The Morgan fingerprint density at radius 1 is 1.43 bits per heavy atom. The van der Waals surface area contributed by atoms with Crippen molar-refractivity contribution in [2.24, 2.45) is 5.92 Å². The topological polar surface area (TPSA) is 55.6 Å². The maximum absolute atomic E-state index is 12.0. The summed E-state index contributed by atoms with van der Waals surface area (Å²) in [5.41, 5.74) is 6.53. The number of hydrogen-bond donors (Lipinski definition) is 1. The van der Waals surface area contributed by atoms with Crippen molar-refractivity contribution in [1.29, 1.82) is 0 Å². The predicted molar refractivity (Wildman–Crippen MR) is 85.6 cm³/mol. The third-order valence-corrected chi connectivity index (χ3v) is 4.36. The van der Waals surface area contributed by atoms with Crippen LogP contribution in [0.1, 0.15) is 37.0 Å². The number of esters is 1. The van der Waals surface area contributed by atoms with Crippen molar-refractivity contribution in [3.8, 4) is 0 Å². The molecule has 116 valence electrons. The van der Waals surface area contributed by atoms with Crippen molar-refractivity contribution in [2.45, 2.75) is 32.7 Å². The molecule has 1 aromatic carbocycles. The highest BCUT2D eigenvalue weighted by Gasteiger charge is 2.22. The highest BCUT2D eigenvalue weighted by Crippen LogP contribution is 2.22. The lowest BCUT2D eigenvalue weighted by molar-refractivity contribution is 0.0355. The van der Waals surface area contributed by atoms with E-state index in [0.717, 1.165) is 25.9 Å². The van der Waals surface area contributed by atoms with Crippen LogP contribution in [0.3, 0.4) is 0 Å². The predicted octanol–water partition coefficient (Wildman–Crippen LogP) is 3.20. The van der Waals surface area contributed by atoms with Gasteiger partial charge in [-0.2, -0.15) is 0 Å². The van der Waals surface area contributed by atoms with Gasteiger partial charge < -0.3 is 15.4 Å². The van der Waals surface area contributed by atoms with Crippen LogP contribution in [-0.4, -0.2) is 36.6 Å². The first-order valence-corrected chi connectivity index (χ1v) is 7.81. The molecular formula is C16H23ClN2O2. The smallest absolute Gasteiger partial charge is 0.339 e. The molecule has 0 radical (unpaired) electrons. The third-order valence-electron chi connectivity index (χ3n) is 4.04. The molecule has 2 rings (SSSR count). The van der Waals surface area contributed by atoms with Gasteiger partial charge in [-0.1, -0.05) is 11.6 Å². The number of nitrogens with zero attached hydrogens (tertiary/aromatic N) is 1. The van der Waals surface area contributed by atoms with Crippen molar-refractivity contribution in [3.05, 3.63) is 28.8 Å². The number of halogens is 1. The average Bonchev–Trinajstić information content (AvgIpc) is 2.45. The van der Waals surface area contributed by atoms with E-state index in [4.69, 9.17) is 22.1 Å². The van der Waals surface area contributed by atoms with Gasteiger partial charge in [-0.3, -0.25) is 0 Å². The van der Waals surface area contributed by atoms with Gasteiger partial charge in [0, 0.05) is 11.7 Å². The highest BCUT2D eigenvalue weighted by atomic mass is 35.5. The fourth-order valence-electron chi connectivity index (χ4n) is 2.60. The molecule has 0 saturated carbocycles. The molecule has 1 heterocycles. The van der Waals surface area contributed by atoms with Crippen LogP contribution in [0.25, 0.3) is 0 Å². The molecule has 2 N–H and O–H groups in total. The van der Waals surface area contributed by atoms with Crippen LogP contribution in [0, 0.1) is 5.92 Å². The van der Waals surface area contributed by atoms with Crippen LogP contribution in [-0.2, 0) is 4.74 Å². The third kappa shape index (κ3) is 4.35. The molecule has 0 bridgehead atoms. The average molecular weight is 311 g/mol. The number of carbonyl (C=O) groups excluding carboxylic acids is 1. The number of nitrogen functional groups attached to an aromatic ring is 1. The molecule has 0 unspecified atom stereocenters. The Bertz CT molecular complexity index is 497. The number of likely N-dealkylation sites (tertiary alicyclic amines) is 1. The zero-order valence-corrected chi connectivity index (χ0v) is 13.4. The van der Waals surface area contributed by atoms with E-state index in [0.29, 0.717) is 34.8 Å². The lowest BCUT2D eigenvalue weighted by Crippen LogP contribution is -2.39. The number of hydrogen-bond acceptors (Lipinski definition) is 4. The maximum Gasteiger partial charge on any atom is 0.339 e. The molecule has 5 heteroatoms. The molecule has 4 nitrogen and oxygen atoms in total. The fourth-order valence-corrected chi connectivity index (χ4v) is 2.87. The summed E-state index contributed by atoms with van der Waals surface area (Å²) in [4.78, 5) is 14.5.